The Kier molecular flexibility index (Phi) is 4.08. The Morgan fingerprint density at radius 3 is 2.75 bits per heavy atom. The fraction of sp³-hybridized carbons (Fsp3) is 0.385. The molecule has 0 spiro atoms. The summed E-state index contributed by atoms with van der Waals surface area (Å²) in [7, 11) is -1.10. The molecule has 1 aliphatic heterocycles. The van der Waals surface area contributed by atoms with E-state index in [0.717, 1.165) is 6.08 Å². The molecular formula is C13H16N2O4S. The number of pyridine rings is 1. The number of rotatable bonds is 4. The molecule has 108 valence electrons. The largest absolute Gasteiger partial charge is 0.478 e. The molecule has 0 bridgehead atoms. The second kappa shape index (κ2) is 5.62. The summed E-state index contributed by atoms with van der Waals surface area (Å²) in [6, 6.07) is 3.46. The number of hydrogen-bond acceptors (Lipinski definition) is 5. The van der Waals surface area contributed by atoms with Gasteiger partial charge in [0.1, 0.15) is 5.82 Å². The molecule has 1 saturated heterocycles. The average Bonchev–Trinajstić information content (AvgIpc) is 2.76. The highest BCUT2D eigenvalue weighted by Gasteiger charge is 2.31. The van der Waals surface area contributed by atoms with Crippen molar-refractivity contribution < 1.29 is 18.3 Å². The fourth-order valence-corrected chi connectivity index (χ4v) is 3.91. The molecule has 6 nitrogen and oxygen atoms in total. The second-order valence-corrected chi connectivity index (χ2v) is 7.02. The molecule has 1 aromatic heterocycles. The van der Waals surface area contributed by atoms with Gasteiger partial charge < -0.3 is 10.0 Å². The van der Waals surface area contributed by atoms with Gasteiger partial charge in [0, 0.05) is 25.4 Å². The monoisotopic (exact) mass is 296 g/mol. The van der Waals surface area contributed by atoms with Gasteiger partial charge in [-0.25, -0.2) is 18.2 Å². The Morgan fingerprint density at radius 2 is 2.25 bits per heavy atom. The lowest BCUT2D eigenvalue weighted by atomic mass is 10.2. The first kappa shape index (κ1) is 14.5. The number of anilines is 1. The van der Waals surface area contributed by atoms with Gasteiger partial charge in [-0.1, -0.05) is 0 Å². The first-order valence-electron chi connectivity index (χ1n) is 6.18. The van der Waals surface area contributed by atoms with Crippen LogP contribution in [0.25, 0.3) is 6.08 Å². The van der Waals surface area contributed by atoms with Crippen molar-refractivity contribution >= 4 is 27.7 Å². The van der Waals surface area contributed by atoms with Gasteiger partial charge in [-0.3, -0.25) is 0 Å². The van der Waals surface area contributed by atoms with Crippen molar-refractivity contribution in [1.29, 1.82) is 0 Å². The van der Waals surface area contributed by atoms with Crippen LogP contribution >= 0.6 is 0 Å². The molecule has 2 rings (SSSR count). The van der Waals surface area contributed by atoms with E-state index >= 15 is 0 Å². The minimum Gasteiger partial charge on any atom is -0.478 e. The number of nitrogens with zero attached hydrogens (tertiary/aromatic N) is 2. The van der Waals surface area contributed by atoms with E-state index in [1.807, 2.05) is 11.9 Å². The highest BCUT2D eigenvalue weighted by Crippen LogP contribution is 2.21. The van der Waals surface area contributed by atoms with Gasteiger partial charge in [-0.05, 0) is 30.2 Å². The van der Waals surface area contributed by atoms with Crippen LogP contribution in [0.15, 0.2) is 24.4 Å². The third-order valence-corrected chi connectivity index (χ3v) is 5.06. The Bertz CT molecular complexity index is 622. The molecule has 1 aliphatic rings. The number of sulfone groups is 1. The van der Waals surface area contributed by atoms with Crippen LogP contribution in [-0.4, -0.2) is 49.1 Å². The third-order valence-electron chi connectivity index (χ3n) is 3.31. The van der Waals surface area contributed by atoms with Gasteiger partial charge in [0.05, 0.1) is 11.5 Å². The summed E-state index contributed by atoms with van der Waals surface area (Å²) >= 11 is 0. The van der Waals surface area contributed by atoms with Gasteiger partial charge in [0.15, 0.2) is 9.84 Å². The molecule has 1 N–H and O–H groups in total. The van der Waals surface area contributed by atoms with Gasteiger partial charge in [0.25, 0.3) is 0 Å². The molecule has 1 unspecified atom stereocenters. The third kappa shape index (κ3) is 3.57. The maximum Gasteiger partial charge on any atom is 0.328 e. The lowest BCUT2D eigenvalue weighted by Crippen LogP contribution is -2.33. The first-order valence-corrected chi connectivity index (χ1v) is 8.00. The Balaban J connectivity index is 2.08. The minimum atomic E-state index is -2.92. The van der Waals surface area contributed by atoms with Crippen LogP contribution in [0, 0.1) is 0 Å². The van der Waals surface area contributed by atoms with E-state index in [1.54, 1.807) is 18.3 Å². The number of hydrogen-bond donors (Lipinski definition) is 1. The van der Waals surface area contributed by atoms with Crippen LogP contribution in [0.2, 0.25) is 0 Å². The zero-order valence-corrected chi connectivity index (χ0v) is 11.9. The highest BCUT2D eigenvalue weighted by molar-refractivity contribution is 7.91. The maximum atomic E-state index is 11.5. The van der Waals surface area contributed by atoms with Crippen molar-refractivity contribution in [2.45, 2.75) is 12.5 Å². The summed E-state index contributed by atoms with van der Waals surface area (Å²) in [6.07, 6.45) is 4.68. The van der Waals surface area contributed by atoms with E-state index in [1.165, 1.54) is 6.08 Å². The van der Waals surface area contributed by atoms with Gasteiger partial charge in [-0.2, -0.15) is 0 Å². The first-order chi connectivity index (χ1) is 9.37. The number of carbonyl (C=O) groups is 1. The smallest absolute Gasteiger partial charge is 0.328 e. The highest BCUT2D eigenvalue weighted by atomic mass is 32.2. The van der Waals surface area contributed by atoms with Crippen LogP contribution < -0.4 is 4.90 Å². The molecule has 7 heteroatoms. The lowest BCUT2D eigenvalue weighted by molar-refractivity contribution is -0.131. The molecule has 20 heavy (non-hydrogen) atoms. The topological polar surface area (TPSA) is 87.6 Å². The number of carboxylic acids is 1. The van der Waals surface area contributed by atoms with Crippen molar-refractivity contribution in [3.8, 4) is 0 Å². The number of aromatic nitrogens is 1. The van der Waals surface area contributed by atoms with E-state index in [-0.39, 0.29) is 17.5 Å². The predicted octanol–water partition coefficient (Wildman–Crippen LogP) is 0.803. The van der Waals surface area contributed by atoms with Crippen LogP contribution in [0.1, 0.15) is 12.0 Å². The van der Waals surface area contributed by atoms with E-state index < -0.39 is 15.8 Å². The van der Waals surface area contributed by atoms with E-state index in [2.05, 4.69) is 4.98 Å². The molecule has 0 saturated carbocycles. The second-order valence-electron chi connectivity index (χ2n) is 4.79. The SMILES string of the molecule is CN(c1ccc(/C=C/C(=O)O)cn1)C1CCS(=O)(=O)C1. The molecule has 1 fully saturated rings. The summed E-state index contributed by atoms with van der Waals surface area (Å²) in [4.78, 5) is 16.5. The quantitative estimate of drug-likeness (QED) is 0.827. The van der Waals surface area contributed by atoms with E-state index in [4.69, 9.17) is 5.11 Å². The van der Waals surface area contributed by atoms with Crippen molar-refractivity contribution in [2.75, 3.05) is 23.5 Å². The summed E-state index contributed by atoms with van der Waals surface area (Å²) in [6.45, 7) is 0. The van der Waals surface area contributed by atoms with Crippen LogP contribution in [0.5, 0.6) is 0 Å². The fourth-order valence-electron chi connectivity index (χ4n) is 2.14. The van der Waals surface area contributed by atoms with Crippen molar-refractivity contribution in [3.05, 3.63) is 30.0 Å². The standard InChI is InChI=1S/C13H16N2O4S/c1-15(11-6-7-20(18,19)9-11)12-4-2-10(8-14-12)3-5-13(16)17/h2-5,8,11H,6-7,9H2,1H3,(H,16,17)/b5-3+. The Morgan fingerprint density at radius 1 is 1.50 bits per heavy atom. The normalized spacial score (nSPS) is 21.1. The molecule has 0 aliphatic carbocycles. The van der Waals surface area contributed by atoms with Crippen molar-refractivity contribution in [2.24, 2.45) is 0 Å². The molecule has 2 heterocycles. The molecular weight excluding hydrogens is 280 g/mol. The average molecular weight is 296 g/mol. The Hall–Kier alpha value is -1.89. The molecule has 0 aromatic carbocycles. The van der Waals surface area contributed by atoms with Gasteiger partial charge in [-0.15, -0.1) is 0 Å². The zero-order chi connectivity index (χ0) is 14.8. The summed E-state index contributed by atoms with van der Waals surface area (Å²) in [5, 5.41) is 8.54. The summed E-state index contributed by atoms with van der Waals surface area (Å²) in [5.74, 6) is 0.0507. The van der Waals surface area contributed by atoms with Crippen LogP contribution in [0.4, 0.5) is 5.82 Å². The molecule has 1 atom stereocenters. The van der Waals surface area contributed by atoms with Crippen molar-refractivity contribution in [1.82, 2.24) is 4.98 Å². The van der Waals surface area contributed by atoms with Crippen LogP contribution in [0.3, 0.4) is 0 Å². The number of aliphatic carboxylic acids is 1. The van der Waals surface area contributed by atoms with Gasteiger partial charge >= 0.3 is 5.97 Å². The summed E-state index contributed by atoms with van der Waals surface area (Å²) in [5.41, 5.74) is 0.684. The zero-order valence-electron chi connectivity index (χ0n) is 11.1. The van der Waals surface area contributed by atoms with Gasteiger partial charge in [0.2, 0.25) is 0 Å². The van der Waals surface area contributed by atoms with Crippen molar-refractivity contribution in [3.63, 3.8) is 0 Å². The van der Waals surface area contributed by atoms with E-state index in [9.17, 15) is 13.2 Å². The molecule has 0 radical (unpaired) electrons. The van der Waals surface area contributed by atoms with E-state index in [0.29, 0.717) is 17.8 Å². The predicted molar refractivity (Wildman–Crippen MR) is 76.4 cm³/mol. The molecule has 0 amide bonds. The summed E-state index contributed by atoms with van der Waals surface area (Å²) < 4.78 is 22.9. The molecule has 1 aromatic rings. The minimum absolute atomic E-state index is 0.0482. The van der Waals surface area contributed by atoms with Crippen LogP contribution in [-0.2, 0) is 14.6 Å². The lowest BCUT2D eigenvalue weighted by Gasteiger charge is -2.24. The maximum absolute atomic E-state index is 11.5. The number of carboxylic acid groups (broad SMARTS) is 1. The Labute approximate surface area is 117 Å².